The van der Waals surface area contributed by atoms with Crippen LogP contribution < -0.4 is 5.32 Å². The van der Waals surface area contributed by atoms with Gasteiger partial charge in [0.2, 0.25) is 0 Å². The summed E-state index contributed by atoms with van der Waals surface area (Å²) in [5, 5.41) is 2.25. The minimum atomic E-state index is -1.51. The lowest BCUT2D eigenvalue weighted by molar-refractivity contribution is 0.101. The van der Waals surface area contributed by atoms with Gasteiger partial charge in [0.25, 0.3) is 0 Å². The summed E-state index contributed by atoms with van der Waals surface area (Å²) >= 11 is 0. The van der Waals surface area contributed by atoms with E-state index in [0.29, 0.717) is 5.56 Å². The topological polar surface area (TPSA) is 29.1 Å². The molecule has 0 fully saturated rings. The summed E-state index contributed by atoms with van der Waals surface area (Å²) < 4.78 is 52.9. The summed E-state index contributed by atoms with van der Waals surface area (Å²) in [5.74, 6) is -6.19. The van der Waals surface area contributed by atoms with E-state index in [1.807, 2.05) is 0 Å². The molecule has 0 aliphatic rings. The lowest BCUT2D eigenvalue weighted by Crippen LogP contribution is -2.03. The molecule has 0 spiro atoms. The molecule has 2 rings (SSSR count). The molecule has 6 heteroatoms. The third kappa shape index (κ3) is 2.64. The highest BCUT2D eigenvalue weighted by molar-refractivity contribution is 5.94. The van der Waals surface area contributed by atoms with E-state index in [-0.39, 0.29) is 17.5 Å². The van der Waals surface area contributed by atoms with E-state index in [2.05, 4.69) is 5.32 Å². The SMILES string of the molecule is CC(=O)c1ccc(Nc2c(F)c(F)cc(F)c2F)cc1. The van der Waals surface area contributed by atoms with Gasteiger partial charge in [-0.3, -0.25) is 4.79 Å². The van der Waals surface area contributed by atoms with Crippen molar-refractivity contribution in [1.29, 1.82) is 0 Å². The summed E-state index contributed by atoms with van der Waals surface area (Å²) in [7, 11) is 0. The Balaban J connectivity index is 2.37. The first-order valence-corrected chi connectivity index (χ1v) is 5.61. The number of halogens is 4. The van der Waals surface area contributed by atoms with Crippen LogP contribution in [0.5, 0.6) is 0 Å². The van der Waals surface area contributed by atoms with Gasteiger partial charge in [-0.2, -0.15) is 0 Å². The number of carbonyl (C=O) groups excluding carboxylic acids is 1. The summed E-state index contributed by atoms with van der Waals surface area (Å²) in [6, 6.07) is 5.73. The minimum absolute atomic E-state index is 0.134. The third-order valence-electron chi connectivity index (χ3n) is 2.67. The second kappa shape index (κ2) is 5.32. The zero-order valence-corrected chi connectivity index (χ0v) is 10.3. The van der Waals surface area contributed by atoms with E-state index in [1.165, 1.54) is 31.2 Å². The second-order valence-corrected chi connectivity index (χ2v) is 4.10. The van der Waals surface area contributed by atoms with Crippen molar-refractivity contribution in [3.63, 3.8) is 0 Å². The van der Waals surface area contributed by atoms with E-state index >= 15 is 0 Å². The lowest BCUT2D eigenvalue weighted by atomic mass is 10.1. The Morgan fingerprint density at radius 3 is 1.90 bits per heavy atom. The predicted octanol–water partition coefficient (Wildman–Crippen LogP) is 4.19. The van der Waals surface area contributed by atoms with E-state index in [1.54, 1.807) is 0 Å². The molecule has 0 saturated heterocycles. The summed E-state index contributed by atoms with van der Waals surface area (Å²) in [6.07, 6.45) is 0. The van der Waals surface area contributed by atoms with Crippen molar-refractivity contribution < 1.29 is 22.4 Å². The quantitative estimate of drug-likeness (QED) is 0.520. The molecule has 20 heavy (non-hydrogen) atoms. The number of ketones is 1. The molecule has 0 atom stereocenters. The molecule has 2 aromatic rings. The Bertz CT molecular complexity index is 642. The van der Waals surface area contributed by atoms with E-state index in [4.69, 9.17) is 0 Å². The summed E-state index contributed by atoms with van der Waals surface area (Å²) in [4.78, 5) is 11.1. The van der Waals surface area contributed by atoms with E-state index in [9.17, 15) is 22.4 Å². The molecule has 0 unspecified atom stereocenters. The molecule has 2 aromatic carbocycles. The number of anilines is 2. The van der Waals surface area contributed by atoms with Crippen LogP contribution in [0.3, 0.4) is 0 Å². The summed E-state index contributed by atoms with van der Waals surface area (Å²) in [5.41, 5.74) is -0.321. The molecule has 0 radical (unpaired) electrons. The predicted molar refractivity (Wildman–Crippen MR) is 66.0 cm³/mol. The summed E-state index contributed by atoms with van der Waals surface area (Å²) in [6.45, 7) is 1.36. The number of Topliss-reactive ketones (excluding diaryl/α,β-unsaturated/α-hetero) is 1. The number of rotatable bonds is 3. The van der Waals surface area contributed by atoms with Crippen LogP contribution in [0.25, 0.3) is 0 Å². The molecule has 0 aliphatic carbocycles. The number of hydrogen-bond acceptors (Lipinski definition) is 2. The highest BCUT2D eigenvalue weighted by Gasteiger charge is 2.19. The van der Waals surface area contributed by atoms with Crippen LogP contribution in [0, 0.1) is 23.3 Å². The Kier molecular flexibility index (Phi) is 3.74. The molecule has 0 aromatic heterocycles. The van der Waals surface area contributed by atoms with Crippen molar-refractivity contribution in [2.75, 3.05) is 5.32 Å². The molecule has 0 saturated carbocycles. The third-order valence-corrected chi connectivity index (χ3v) is 2.67. The maximum Gasteiger partial charge on any atom is 0.185 e. The Hall–Kier alpha value is -2.37. The van der Waals surface area contributed by atoms with Crippen LogP contribution in [0.1, 0.15) is 17.3 Å². The smallest absolute Gasteiger partial charge is 0.185 e. The first kappa shape index (κ1) is 14.0. The fraction of sp³-hybridized carbons (Fsp3) is 0.0714. The second-order valence-electron chi connectivity index (χ2n) is 4.10. The largest absolute Gasteiger partial charge is 0.351 e. The highest BCUT2D eigenvalue weighted by Crippen LogP contribution is 2.27. The normalized spacial score (nSPS) is 10.4. The molecule has 0 bridgehead atoms. The van der Waals surface area contributed by atoms with E-state index < -0.39 is 29.0 Å². The highest BCUT2D eigenvalue weighted by atomic mass is 19.2. The minimum Gasteiger partial charge on any atom is -0.351 e. The van der Waals surface area contributed by atoms with Crippen molar-refractivity contribution in [3.8, 4) is 0 Å². The molecule has 0 aliphatic heterocycles. The van der Waals surface area contributed by atoms with Crippen molar-refractivity contribution in [2.45, 2.75) is 6.92 Å². The van der Waals surface area contributed by atoms with Gasteiger partial charge in [0.15, 0.2) is 29.1 Å². The van der Waals surface area contributed by atoms with Crippen LogP contribution in [0.15, 0.2) is 30.3 Å². The first-order valence-electron chi connectivity index (χ1n) is 5.61. The van der Waals surface area contributed by atoms with Crippen LogP contribution in [0.2, 0.25) is 0 Å². The lowest BCUT2D eigenvalue weighted by Gasteiger charge is -2.10. The van der Waals surface area contributed by atoms with Crippen LogP contribution >= 0.6 is 0 Å². The Labute approximate surface area is 112 Å². The maximum absolute atomic E-state index is 13.4. The van der Waals surface area contributed by atoms with E-state index in [0.717, 1.165) is 0 Å². The average Bonchev–Trinajstić information content (AvgIpc) is 2.42. The van der Waals surface area contributed by atoms with Gasteiger partial charge in [0.1, 0.15) is 5.69 Å². The number of hydrogen-bond donors (Lipinski definition) is 1. The molecule has 0 amide bonds. The van der Waals surface area contributed by atoms with Gasteiger partial charge in [-0.05, 0) is 31.2 Å². The fourth-order valence-corrected chi connectivity index (χ4v) is 1.62. The monoisotopic (exact) mass is 283 g/mol. The van der Waals surface area contributed by atoms with Gasteiger partial charge in [0.05, 0.1) is 0 Å². The number of benzene rings is 2. The standard InChI is InChI=1S/C14H9F4NO/c1-7(20)8-2-4-9(5-3-8)19-14-12(17)10(15)6-11(16)13(14)18/h2-6,19H,1H3. The van der Waals surface area contributed by atoms with Gasteiger partial charge in [0, 0.05) is 17.3 Å². The van der Waals surface area contributed by atoms with Crippen molar-refractivity contribution in [1.82, 2.24) is 0 Å². The molecule has 1 N–H and O–H groups in total. The van der Waals surface area contributed by atoms with Crippen molar-refractivity contribution in [3.05, 3.63) is 59.2 Å². The number of nitrogens with one attached hydrogen (secondary N) is 1. The van der Waals surface area contributed by atoms with Gasteiger partial charge in [-0.15, -0.1) is 0 Å². The van der Waals surface area contributed by atoms with Crippen molar-refractivity contribution in [2.24, 2.45) is 0 Å². The van der Waals surface area contributed by atoms with Crippen LogP contribution in [-0.2, 0) is 0 Å². The molecule has 2 nitrogen and oxygen atoms in total. The Morgan fingerprint density at radius 1 is 0.950 bits per heavy atom. The van der Waals surface area contributed by atoms with Gasteiger partial charge >= 0.3 is 0 Å². The Morgan fingerprint density at radius 2 is 1.45 bits per heavy atom. The van der Waals surface area contributed by atoms with Crippen LogP contribution in [-0.4, -0.2) is 5.78 Å². The molecule has 0 heterocycles. The average molecular weight is 283 g/mol. The number of carbonyl (C=O) groups is 1. The molecule has 104 valence electrons. The van der Waals surface area contributed by atoms with Gasteiger partial charge in [-0.1, -0.05) is 0 Å². The van der Waals surface area contributed by atoms with Crippen LogP contribution in [0.4, 0.5) is 28.9 Å². The molecular formula is C14H9F4NO. The van der Waals surface area contributed by atoms with Gasteiger partial charge < -0.3 is 5.32 Å². The van der Waals surface area contributed by atoms with Crippen molar-refractivity contribution >= 4 is 17.2 Å². The fourth-order valence-electron chi connectivity index (χ4n) is 1.62. The first-order chi connectivity index (χ1) is 9.40. The van der Waals surface area contributed by atoms with Gasteiger partial charge in [-0.25, -0.2) is 17.6 Å². The maximum atomic E-state index is 13.4. The zero-order valence-electron chi connectivity index (χ0n) is 10.3. The zero-order chi connectivity index (χ0) is 14.9. The molecular weight excluding hydrogens is 274 g/mol.